The van der Waals surface area contributed by atoms with Crippen LogP contribution >= 0.6 is 0 Å². The Bertz CT molecular complexity index is 1020. The Kier molecular flexibility index (Phi) is 3.04. The summed E-state index contributed by atoms with van der Waals surface area (Å²) in [6.45, 7) is 6.06. The highest BCUT2D eigenvalue weighted by atomic mass is 16.5. The lowest BCUT2D eigenvalue weighted by Crippen LogP contribution is -2.64. The zero-order valence-electron chi connectivity index (χ0n) is 18.0. The van der Waals surface area contributed by atoms with E-state index in [1.165, 1.54) is 24.8 Å². The van der Waals surface area contributed by atoms with E-state index in [4.69, 9.17) is 4.74 Å². The van der Waals surface area contributed by atoms with Crippen molar-refractivity contribution in [2.75, 3.05) is 13.2 Å². The Hall–Kier alpha value is -1.65. The minimum atomic E-state index is -0.202. The van der Waals surface area contributed by atoms with Crippen molar-refractivity contribution >= 4 is 5.97 Å². The maximum atomic E-state index is 12.8. The molecule has 3 aliphatic heterocycles. The maximum Gasteiger partial charge on any atom is 0.338 e. The fraction of sp³-hybridized carbons (Fsp3) is 0.667. The summed E-state index contributed by atoms with van der Waals surface area (Å²) < 4.78 is 6.03. The van der Waals surface area contributed by atoms with Crippen molar-refractivity contribution in [3.63, 3.8) is 0 Å². The van der Waals surface area contributed by atoms with Crippen molar-refractivity contribution in [2.24, 2.45) is 39.9 Å². The molecule has 162 valence electrons. The van der Waals surface area contributed by atoms with Gasteiger partial charge in [0, 0.05) is 30.0 Å². The molecular formula is C27H31NO3. The number of carbonyl (C=O) groups excluding carboxylic acids is 1. The van der Waals surface area contributed by atoms with Crippen molar-refractivity contribution in [1.82, 2.24) is 4.90 Å². The van der Waals surface area contributed by atoms with Gasteiger partial charge in [0.2, 0.25) is 0 Å². The average molecular weight is 418 g/mol. The SMILES string of the molecule is C=C1C[C@]23C[C@@H]4[C@H]5C67CCC[C@]5(COC(=O)c5ccccc5)CN4[C@@H]6[C@H]2CC1[C@H](O)C73. The van der Waals surface area contributed by atoms with Crippen molar-refractivity contribution in [3.8, 4) is 0 Å². The van der Waals surface area contributed by atoms with E-state index in [2.05, 4.69) is 11.5 Å². The molecule has 10 rings (SSSR count). The van der Waals surface area contributed by atoms with Crippen LogP contribution in [-0.2, 0) is 4.74 Å². The third-order valence-corrected chi connectivity index (χ3v) is 11.5. The van der Waals surface area contributed by atoms with E-state index in [0.29, 0.717) is 47.4 Å². The quantitative estimate of drug-likeness (QED) is 0.602. The fourth-order valence-electron chi connectivity index (χ4n) is 11.3. The van der Waals surface area contributed by atoms with Crippen LogP contribution in [0.4, 0.5) is 0 Å². The Balaban J connectivity index is 1.18. The van der Waals surface area contributed by atoms with Gasteiger partial charge in [0.15, 0.2) is 0 Å². The lowest BCUT2D eigenvalue weighted by Gasteiger charge is -2.64. The number of aliphatic hydroxyl groups is 1. The van der Waals surface area contributed by atoms with E-state index in [9.17, 15) is 9.90 Å². The van der Waals surface area contributed by atoms with Gasteiger partial charge in [-0.05, 0) is 72.8 Å². The molecule has 3 heterocycles. The number of fused-ring (bicyclic) bond motifs is 1. The minimum absolute atomic E-state index is 0.0823. The van der Waals surface area contributed by atoms with Crippen molar-refractivity contribution in [2.45, 2.75) is 56.7 Å². The zero-order chi connectivity index (χ0) is 20.8. The van der Waals surface area contributed by atoms with Crippen LogP contribution in [0, 0.1) is 39.9 Å². The molecule has 3 saturated heterocycles. The highest BCUT2D eigenvalue weighted by molar-refractivity contribution is 5.89. The zero-order valence-corrected chi connectivity index (χ0v) is 18.0. The Morgan fingerprint density at radius 1 is 1.23 bits per heavy atom. The molecule has 1 aromatic rings. The monoisotopic (exact) mass is 417 g/mol. The molecule has 4 heteroatoms. The number of hydrogen-bond acceptors (Lipinski definition) is 4. The van der Waals surface area contributed by atoms with Gasteiger partial charge in [-0.3, -0.25) is 4.90 Å². The molecule has 6 aliphatic carbocycles. The molecule has 9 aliphatic rings. The summed E-state index contributed by atoms with van der Waals surface area (Å²) in [5, 5.41) is 11.6. The van der Waals surface area contributed by atoms with Crippen LogP contribution in [0.3, 0.4) is 0 Å². The van der Waals surface area contributed by atoms with Gasteiger partial charge in [0.25, 0.3) is 0 Å². The molecule has 2 spiro atoms. The highest BCUT2D eigenvalue weighted by Crippen LogP contribution is 2.87. The summed E-state index contributed by atoms with van der Waals surface area (Å²) in [6.07, 6.45) is 7.01. The van der Waals surface area contributed by atoms with Gasteiger partial charge in [0.1, 0.15) is 0 Å². The van der Waals surface area contributed by atoms with Crippen LogP contribution in [0.25, 0.3) is 0 Å². The minimum Gasteiger partial charge on any atom is -0.461 e. The second-order valence-corrected chi connectivity index (χ2v) is 12.1. The smallest absolute Gasteiger partial charge is 0.338 e. The molecule has 9 fully saturated rings. The molecule has 9 bridgehead atoms. The highest BCUT2D eigenvalue weighted by Gasteiger charge is 2.88. The molecule has 4 unspecified atom stereocenters. The van der Waals surface area contributed by atoms with Crippen molar-refractivity contribution in [1.29, 1.82) is 0 Å². The summed E-state index contributed by atoms with van der Waals surface area (Å²) in [5.74, 6) is 1.91. The number of benzene rings is 1. The van der Waals surface area contributed by atoms with Crippen molar-refractivity contribution < 1.29 is 14.6 Å². The lowest BCUT2D eigenvalue weighted by atomic mass is 9.40. The third kappa shape index (κ3) is 1.71. The number of ether oxygens (including phenoxy) is 1. The van der Waals surface area contributed by atoms with E-state index >= 15 is 0 Å². The number of esters is 1. The molecule has 0 amide bonds. The number of piperidine rings is 2. The number of carbonyl (C=O) groups is 1. The Morgan fingerprint density at radius 3 is 2.90 bits per heavy atom. The topological polar surface area (TPSA) is 49.8 Å². The Labute approximate surface area is 183 Å². The van der Waals surface area contributed by atoms with Crippen LogP contribution in [0.5, 0.6) is 0 Å². The maximum absolute atomic E-state index is 12.8. The van der Waals surface area contributed by atoms with Crippen molar-refractivity contribution in [3.05, 3.63) is 48.0 Å². The van der Waals surface area contributed by atoms with E-state index in [1.807, 2.05) is 30.3 Å². The van der Waals surface area contributed by atoms with Crippen LogP contribution in [0.1, 0.15) is 48.9 Å². The van der Waals surface area contributed by atoms with Gasteiger partial charge in [-0.1, -0.05) is 36.8 Å². The van der Waals surface area contributed by atoms with Gasteiger partial charge < -0.3 is 9.84 Å². The number of rotatable bonds is 3. The molecule has 6 saturated carbocycles. The predicted molar refractivity (Wildman–Crippen MR) is 115 cm³/mol. The van der Waals surface area contributed by atoms with Crippen LogP contribution in [0.2, 0.25) is 0 Å². The van der Waals surface area contributed by atoms with Crippen LogP contribution in [0.15, 0.2) is 42.5 Å². The van der Waals surface area contributed by atoms with E-state index < -0.39 is 0 Å². The number of aliphatic hydroxyl groups excluding tert-OH is 1. The van der Waals surface area contributed by atoms with Gasteiger partial charge in [-0.25, -0.2) is 4.79 Å². The largest absolute Gasteiger partial charge is 0.461 e. The molecule has 0 aromatic heterocycles. The molecule has 1 N–H and O–H groups in total. The molecule has 0 radical (unpaired) electrons. The summed E-state index contributed by atoms with van der Waals surface area (Å²) in [5.41, 5.74) is 2.62. The third-order valence-electron chi connectivity index (χ3n) is 11.5. The Morgan fingerprint density at radius 2 is 2.06 bits per heavy atom. The molecule has 4 nitrogen and oxygen atoms in total. The molecule has 11 atom stereocenters. The normalized spacial score (nSPS) is 56.4. The van der Waals surface area contributed by atoms with Gasteiger partial charge in [-0.2, -0.15) is 0 Å². The number of hydrogen-bond donors (Lipinski definition) is 1. The number of nitrogens with zero attached hydrogens (tertiary/aromatic N) is 1. The second-order valence-electron chi connectivity index (χ2n) is 12.1. The lowest BCUT2D eigenvalue weighted by molar-refractivity contribution is -0.180. The average Bonchev–Trinajstić information content (AvgIpc) is 3.22. The first-order valence-electron chi connectivity index (χ1n) is 12.4. The molecule has 31 heavy (non-hydrogen) atoms. The first kappa shape index (κ1) is 17.9. The van der Waals surface area contributed by atoms with Gasteiger partial charge >= 0.3 is 5.97 Å². The van der Waals surface area contributed by atoms with Gasteiger partial charge in [-0.15, -0.1) is 0 Å². The fourth-order valence-corrected chi connectivity index (χ4v) is 11.3. The first-order valence-corrected chi connectivity index (χ1v) is 12.4. The van der Waals surface area contributed by atoms with E-state index in [1.54, 1.807) is 0 Å². The van der Waals surface area contributed by atoms with E-state index in [-0.39, 0.29) is 22.9 Å². The van der Waals surface area contributed by atoms with Gasteiger partial charge in [0.05, 0.1) is 18.3 Å². The van der Waals surface area contributed by atoms with Crippen LogP contribution < -0.4 is 0 Å². The molecular weight excluding hydrogens is 386 g/mol. The second kappa shape index (κ2) is 5.28. The predicted octanol–water partition coefficient (Wildman–Crippen LogP) is 3.66. The molecule has 1 aromatic carbocycles. The summed E-state index contributed by atoms with van der Waals surface area (Å²) in [7, 11) is 0. The summed E-state index contributed by atoms with van der Waals surface area (Å²) >= 11 is 0. The summed E-state index contributed by atoms with van der Waals surface area (Å²) in [4.78, 5) is 15.6. The van der Waals surface area contributed by atoms with E-state index in [0.717, 1.165) is 31.7 Å². The standard InChI is InChI=1S/C27H31NO3/c1-15-11-26-12-19-21-25(14-31-24(30)16-6-3-2-4-7-16)8-5-9-27(21)22(26)20(29)17(15)10-18(26)23(27)28(19)13-25/h2-4,6-7,17-23,29H,1,5,8-14H2/t17?,18-,19-,20+,21-,22?,23-,25-,26+,27?/m1/s1. The summed E-state index contributed by atoms with van der Waals surface area (Å²) in [6, 6.07) is 10.7. The van der Waals surface area contributed by atoms with Crippen LogP contribution in [-0.4, -0.2) is 47.3 Å². The first-order chi connectivity index (χ1) is 15.0.